The number of ether oxygens (including phenoxy) is 1. The van der Waals surface area contributed by atoms with Crippen molar-refractivity contribution in [2.45, 2.75) is 25.4 Å². The van der Waals surface area contributed by atoms with Crippen LogP contribution in [0.25, 0.3) is 0 Å². The molecule has 1 saturated heterocycles. The average molecular weight is 391 g/mol. The van der Waals surface area contributed by atoms with E-state index in [1.165, 1.54) is 12.1 Å². The number of hydrogen-bond donors (Lipinski definition) is 2. The number of halogens is 3. The summed E-state index contributed by atoms with van der Waals surface area (Å²) in [5.74, 6) is 0.276. The zero-order valence-corrected chi connectivity index (χ0v) is 15.1. The normalized spacial score (nSPS) is 20.6. The molecule has 1 aromatic heterocycles. The summed E-state index contributed by atoms with van der Waals surface area (Å²) >= 11 is 0. The number of anilines is 1. The van der Waals surface area contributed by atoms with Gasteiger partial charge in [0.2, 0.25) is 11.8 Å². The van der Waals surface area contributed by atoms with Crippen molar-refractivity contribution in [3.05, 3.63) is 48.2 Å². The Hall–Kier alpha value is -2.61. The van der Waals surface area contributed by atoms with Crippen molar-refractivity contribution in [1.29, 1.82) is 0 Å². The molecule has 4 rings (SSSR count). The highest BCUT2D eigenvalue weighted by Crippen LogP contribution is 2.58. The molecule has 1 aromatic carbocycles. The first-order chi connectivity index (χ1) is 13.4. The van der Waals surface area contributed by atoms with Crippen LogP contribution in [0, 0.1) is 11.3 Å². The van der Waals surface area contributed by atoms with Crippen LogP contribution in [0.2, 0.25) is 0 Å². The van der Waals surface area contributed by atoms with E-state index in [9.17, 15) is 18.0 Å². The number of nitrogens with zero attached hydrogens (tertiary/aromatic N) is 1. The smallest absolute Gasteiger partial charge is 0.433 e. The SMILES string of the molecule is O=C(Nc1ccc(Oc2cccc(C(F)(F)F)n2)cc1)C1CC12CCNCC2. The summed E-state index contributed by atoms with van der Waals surface area (Å²) in [5, 5.41) is 6.23. The third-order valence-corrected chi connectivity index (χ3v) is 5.46. The van der Waals surface area contributed by atoms with E-state index in [4.69, 9.17) is 4.74 Å². The lowest BCUT2D eigenvalue weighted by Crippen LogP contribution is -2.31. The summed E-state index contributed by atoms with van der Waals surface area (Å²) in [6.07, 6.45) is -1.53. The minimum Gasteiger partial charge on any atom is -0.439 e. The minimum absolute atomic E-state index is 0.0233. The maximum atomic E-state index is 12.7. The molecule has 1 spiro atoms. The molecule has 2 fully saturated rings. The zero-order valence-electron chi connectivity index (χ0n) is 15.1. The molecule has 0 radical (unpaired) electrons. The fourth-order valence-electron chi connectivity index (χ4n) is 3.78. The second kappa shape index (κ2) is 7.09. The molecule has 1 atom stereocenters. The Labute approximate surface area is 160 Å². The molecule has 8 heteroatoms. The van der Waals surface area contributed by atoms with Gasteiger partial charge >= 0.3 is 6.18 Å². The lowest BCUT2D eigenvalue weighted by atomic mass is 9.92. The predicted octanol–water partition coefficient (Wildman–Crippen LogP) is 4.22. The number of aromatic nitrogens is 1. The van der Waals surface area contributed by atoms with Gasteiger partial charge in [-0.2, -0.15) is 13.2 Å². The Morgan fingerprint density at radius 1 is 1.14 bits per heavy atom. The Balaban J connectivity index is 1.36. The molecule has 2 N–H and O–H groups in total. The van der Waals surface area contributed by atoms with Gasteiger partial charge in [-0.25, -0.2) is 4.98 Å². The molecule has 2 aromatic rings. The van der Waals surface area contributed by atoms with Crippen molar-refractivity contribution in [2.75, 3.05) is 18.4 Å². The van der Waals surface area contributed by atoms with E-state index in [0.717, 1.165) is 38.4 Å². The minimum atomic E-state index is -4.53. The largest absolute Gasteiger partial charge is 0.439 e. The molecular formula is C20H20F3N3O2. The molecule has 1 aliphatic heterocycles. The second-order valence-electron chi connectivity index (χ2n) is 7.34. The molecule has 1 unspecified atom stereocenters. The lowest BCUT2D eigenvalue weighted by Gasteiger charge is -2.23. The van der Waals surface area contributed by atoms with Gasteiger partial charge in [-0.15, -0.1) is 0 Å². The van der Waals surface area contributed by atoms with Crippen LogP contribution >= 0.6 is 0 Å². The van der Waals surface area contributed by atoms with Crippen LogP contribution in [0.1, 0.15) is 25.0 Å². The van der Waals surface area contributed by atoms with Crippen molar-refractivity contribution in [2.24, 2.45) is 11.3 Å². The second-order valence-corrected chi connectivity index (χ2v) is 7.34. The molecule has 1 amide bonds. The van der Waals surface area contributed by atoms with Gasteiger partial charge in [-0.05, 0) is 68.1 Å². The number of amides is 1. The number of rotatable bonds is 4. The van der Waals surface area contributed by atoms with Gasteiger partial charge in [0.1, 0.15) is 11.4 Å². The molecule has 2 aliphatic rings. The van der Waals surface area contributed by atoms with Gasteiger partial charge in [-0.3, -0.25) is 4.79 Å². The van der Waals surface area contributed by atoms with Crippen LogP contribution in [0.3, 0.4) is 0 Å². The molecule has 28 heavy (non-hydrogen) atoms. The number of pyridine rings is 1. The van der Waals surface area contributed by atoms with Crippen molar-refractivity contribution >= 4 is 11.6 Å². The summed E-state index contributed by atoms with van der Waals surface area (Å²) in [6, 6.07) is 9.99. The number of nitrogens with one attached hydrogen (secondary N) is 2. The Morgan fingerprint density at radius 2 is 1.86 bits per heavy atom. The third kappa shape index (κ3) is 3.96. The van der Waals surface area contributed by atoms with E-state index in [1.54, 1.807) is 24.3 Å². The van der Waals surface area contributed by atoms with E-state index in [-0.39, 0.29) is 23.1 Å². The van der Waals surface area contributed by atoms with Gasteiger partial charge < -0.3 is 15.4 Å². The number of carbonyl (C=O) groups excluding carboxylic acids is 1. The molecule has 5 nitrogen and oxygen atoms in total. The number of hydrogen-bond acceptors (Lipinski definition) is 4. The Bertz CT molecular complexity index is 862. The fourth-order valence-corrected chi connectivity index (χ4v) is 3.78. The van der Waals surface area contributed by atoms with Crippen molar-refractivity contribution in [1.82, 2.24) is 10.3 Å². The molecular weight excluding hydrogens is 371 g/mol. The van der Waals surface area contributed by atoms with E-state index < -0.39 is 11.9 Å². The highest BCUT2D eigenvalue weighted by atomic mass is 19.4. The van der Waals surface area contributed by atoms with Crippen LogP contribution in [0.15, 0.2) is 42.5 Å². The van der Waals surface area contributed by atoms with Gasteiger partial charge in [-0.1, -0.05) is 6.07 Å². The van der Waals surface area contributed by atoms with Gasteiger partial charge in [0.25, 0.3) is 0 Å². The topological polar surface area (TPSA) is 63.2 Å². The quantitative estimate of drug-likeness (QED) is 0.819. The Morgan fingerprint density at radius 3 is 2.54 bits per heavy atom. The monoisotopic (exact) mass is 391 g/mol. The average Bonchev–Trinajstić information content (AvgIpc) is 3.36. The van der Waals surface area contributed by atoms with E-state index >= 15 is 0 Å². The van der Waals surface area contributed by atoms with Gasteiger partial charge in [0.15, 0.2) is 0 Å². The first-order valence-electron chi connectivity index (χ1n) is 9.20. The standard InChI is InChI=1S/C20H20F3N3O2/c21-20(22,23)16-2-1-3-17(26-16)28-14-6-4-13(5-7-14)25-18(27)15-12-19(15)8-10-24-11-9-19/h1-7,15,24H,8-12H2,(H,25,27). The molecule has 0 bridgehead atoms. The van der Waals surface area contributed by atoms with Crippen LogP contribution < -0.4 is 15.4 Å². The maximum absolute atomic E-state index is 12.7. The summed E-state index contributed by atoms with van der Waals surface area (Å²) in [6.45, 7) is 1.92. The van der Waals surface area contributed by atoms with E-state index in [2.05, 4.69) is 15.6 Å². The molecule has 148 valence electrons. The Kier molecular flexibility index (Phi) is 4.74. The molecule has 1 saturated carbocycles. The van der Waals surface area contributed by atoms with Crippen molar-refractivity contribution in [3.63, 3.8) is 0 Å². The summed E-state index contributed by atoms with van der Waals surface area (Å²) in [7, 11) is 0. The summed E-state index contributed by atoms with van der Waals surface area (Å²) in [5.41, 5.74) is -0.219. The van der Waals surface area contributed by atoms with Crippen LogP contribution in [-0.4, -0.2) is 24.0 Å². The van der Waals surface area contributed by atoms with Crippen LogP contribution in [0.4, 0.5) is 18.9 Å². The molecule has 2 heterocycles. The number of alkyl halides is 3. The van der Waals surface area contributed by atoms with Crippen molar-refractivity contribution < 1.29 is 22.7 Å². The lowest BCUT2D eigenvalue weighted by molar-refractivity contribution is -0.141. The third-order valence-electron chi connectivity index (χ3n) is 5.46. The van der Waals surface area contributed by atoms with E-state index in [0.29, 0.717) is 11.4 Å². The highest BCUT2D eigenvalue weighted by molar-refractivity contribution is 5.95. The predicted molar refractivity (Wildman–Crippen MR) is 97.0 cm³/mol. The summed E-state index contributed by atoms with van der Waals surface area (Å²) in [4.78, 5) is 15.9. The summed E-state index contributed by atoms with van der Waals surface area (Å²) < 4.78 is 43.6. The fraction of sp³-hybridized carbons (Fsp3) is 0.400. The van der Waals surface area contributed by atoms with Crippen LogP contribution in [-0.2, 0) is 11.0 Å². The zero-order chi connectivity index (χ0) is 19.8. The van der Waals surface area contributed by atoms with Gasteiger partial charge in [0, 0.05) is 17.7 Å². The first-order valence-corrected chi connectivity index (χ1v) is 9.20. The maximum Gasteiger partial charge on any atom is 0.433 e. The highest BCUT2D eigenvalue weighted by Gasteiger charge is 2.57. The van der Waals surface area contributed by atoms with Gasteiger partial charge in [0.05, 0.1) is 0 Å². The molecule has 1 aliphatic carbocycles. The first kappa shape index (κ1) is 18.7. The van der Waals surface area contributed by atoms with E-state index in [1.807, 2.05) is 0 Å². The van der Waals surface area contributed by atoms with Crippen LogP contribution in [0.5, 0.6) is 11.6 Å². The van der Waals surface area contributed by atoms with Crippen molar-refractivity contribution in [3.8, 4) is 11.6 Å². The number of benzene rings is 1. The number of piperidine rings is 1. The number of carbonyl (C=O) groups is 1.